The fraction of sp³-hybridized carbons (Fsp3) is 0.481. The minimum absolute atomic E-state index is 0.105. The average Bonchev–Trinajstić information content (AvgIpc) is 2.93. The molecule has 1 saturated carbocycles. The van der Waals surface area contributed by atoms with Crippen LogP contribution < -0.4 is 14.5 Å². The van der Waals surface area contributed by atoms with E-state index in [0.29, 0.717) is 51.3 Å². The van der Waals surface area contributed by atoms with Crippen LogP contribution in [0.25, 0.3) is 0 Å². The van der Waals surface area contributed by atoms with Crippen LogP contribution in [-0.2, 0) is 4.79 Å². The predicted molar refractivity (Wildman–Crippen MR) is 139 cm³/mol. The van der Waals surface area contributed by atoms with Crippen LogP contribution in [0.2, 0.25) is 0 Å². The lowest BCUT2D eigenvalue weighted by atomic mass is 9.88. The molecule has 0 atom stereocenters. The van der Waals surface area contributed by atoms with E-state index in [0.717, 1.165) is 19.3 Å². The van der Waals surface area contributed by atoms with Crippen molar-refractivity contribution in [3.63, 3.8) is 0 Å². The lowest BCUT2D eigenvalue weighted by molar-refractivity contribution is -0.384. The number of rotatable bonds is 8. The van der Waals surface area contributed by atoms with Crippen LogP contribution in [0.5, 0.6) is 5.75 Å². The Hall–Kier alpha value is -3.85. The Kier molecular flexibility index (Phi) is 8.91. The third-order valence-electron chi connectivity index (χ3n) is 7.27. The summed E-state index contributed by atoms with van der Waals surface area (Å²) in [5.41, 5.74) is 0.804. The van der Waals surface area contributed by atoms with Crippen LogP contribution in [0.4, 0.5) is 30.2 Å². The molecule has 1 aliphatic carbocycles. The van der Waals surface area contributed by atoms with Gasteiger partial charge in [-0.3, -0.25) is 19.8 Å². The van der Waals surface area contributed by atoms with Gasteiger partial charge in [-0.2, -0.15) is 5.26 Å². The minimum Gasteiger partial charge on any atom is -0.404 e. The standard InChI is InChI=1S/C27H30F3N5O4/c28-27(29,30)39-25-9-5-4-8-24(25)34(26(36)20-6-2-1-3-7-20)17-14-32-12-15-33(16-13-32)23-11-10-22(35(37)38)18-21(23)19-31/h4-5,8-11,18,20H,1-3,6-7,12-17H2. The summed E-state index contributed by atoms with van der Waals surface area (Å²) in [5, 5.41) is 20.5. The van der Waals surface area contributed by atoms with E-state index in [2.05, 4.69) is 9.64 Å². The highest BCUT2D eigenvalue weighted by molar-refractivity contribution is 5.96. The van der Waals surface area contributed by atoms with E-state index in [-0.39, 0.29) is 35.3 Å². The number of anilines is 2. The van der Waals surface area contributed by atoms with E-state index >= 15 is 0 Å². The first-order valence-electron chi connectivity index (χ1n) is 13.0. The number of benzene rings is 2. The van der Waals surface area contributed by atoms with Gasteiger partial charge in [-0.25, -0.2) is 0 Å². The summed E-state index contributed by atoms with van der Waals surface area (Å²) < 4.78 is 43.6. The van der Waals surface area contributed by atoms with Gasteiger partial charge in [0.05, 0.1) is 21.9 Å². The zero-order valence-corrected chi connectivity index (χ0v) is 21.4. The van der Waals surface area contributed by atoms with Crippen LogP contribution in [-0.4, -0.2) is 61.4 Å². The second-order valence-corrected chi connectivity index (χ2v) is 9.74. The quantitative estimate of drug-likeness (QED) is 0.336. The van der Waals surface area contributed by atoms with Gasteiger partial charge in [0, 0.05) is 57.3 Å². The lowest BCUT2D eigenvalue weighted by Gasteiger charge is -2.38. The molecule has 0 bridgehead atoms. The Morgan fingerprint density at radius 1 is 1.10 bits per heavy atom. The van der Waals surface area contributed by atoms with E-state index in [1.54, 1.807) is 12.1 Å². The molecule has 39 heavy (non-hydrogen) atoms. The monoisotopic (exact) mass is 545 g/mol. The number of non-ortho nitro benzene ring substituents is 1. The van der Waals surface area contributed by atoms with Gasteiger partial charge >= 0.3 is 6.36 Å². The maximum absolute atomic E-state index is 13.6. The highest BCUT2D eigenvalue weighted by Gasteiger charge is 2.35. The predicted octanol–water partition coefficient (Wildman–Crippen LogP) is 5.10. The van der Waals surface area contributed by atoms with Crippen LogP contribution in [0, 0.1) is 27.4 Å². The molecular weight excluding hydrogens is 515 g/mol. The van der Waals surface area contributed by atoms with E-state index in [9.17, 15) is 33.3 Å². The van der Waals surface area contributed by atoms with E-state index in [4.69, 9.17) is 0 Å². The SMILES string of the molecule is N#Cc1cc([N+](=O)[O-])ccc1N1CCN(CCN(C(=O)C2CCCCC2)c2ccccc2OC(F)(F)F)CC1. The molecule has 0 N–H and O–H groups in total. The highest BCUT2D eigenvalue weighted by Crippen LogP contribution is 2.35. The van der Waals surface area contributed by atoms with Gasteiger partial charge in [0.2, 0.25) is 5.91 Å². The zero-order chi connectivity index (χ0) is 28.0. The van der Waals surface area contributed by atoms with E-state index in [1.165, 1.54) is 35.2 Å². The minimum atomic E-state index is -4.88. The van der Waals surface area contributed by atoms with Gasteiger partial charge in [0.15, 0.2) is 5.75 Å². The maximum Gasteiger partial charge on any atom is 0.573 e. The number of amides is 1. The van der Waals surface area contributed by atoms with Crippen molar-refractivity contribution < 1.29 is 27.6 Å². The summed E-state index contributed by atoms with van der Waals surface area (Å²) in [7, 11) is 0. The normalized spacial score (nSPS) is 16.9. The summed E-state index contributed by atoms with van der Waals surface area (Å²) in [4.78, 5) is 29.6. The van der Waals surface area contributed by atoms with Gasteiger partial charge in [-0.1, -0.05) is 31.4 Å². The zero-order valence-electron chi connectivity index (χ0n) is 21.4. The topological polar surface area (TPSA) is 103 Å². The molecule has 2 fully saturated rings. The summed E-state index contributed by atoms with van der Waals surface area (Å²) in [6, 6.07) is 12.0. The number of hydrogen-bond donors (Lipinski definition) is 0. The number of nitro groups is 1. The van der Waals surface area contributed by atoms with Crippen molar-refractivity contribution in [2.45, 2.75) is 38.5 Å². The maximum atomic E-state index is 13.6. The van der Waals surface area contributed by atoms with Crippen molar-refractivity contribution in [1.29, 1.82) is 5.26 Å². The summed E-state index contributed by atoms with van der Waals surface area (Å²) in [6.07, 6.45) is -0.573. The molecule has 0 unspecified atom stereocenters. The Morgan fingerprint density at radius 2 is 1.79 bits per heavy atom. The molecule has 208 valence electrons. The Labute approximate surface area is 224 Å². The van der Waals surface area contributed by atoms with Crippen LogP contribution in [0.1, 0.15) is 37.7 Å². The average molecular weight is 546 g/mol. The van der Waals surface area contributed by atoms with Crippen molar-refractivity contribution >= 4 is 23.0 Å². The molecule has 1 amide bonds. The Balaban J connectivity index is 1.46. The lowest BCUT2D eigenvalue weighted by Crippen LogP contribution is -2.50. The number of nitro benzene ring substituents is 1. The molecule has 0 radical (unpaired) electrons. The second-order valence-electron chi connectivity index (χ2n) is 9.74. The van der Waals surface area contributed by atoms with Crippen molar-refractivity contribution in [2.75, 3.05) is 49.1 Å². The summed E-state index contributed by atoms with van der Waals surface area (Å²) in [6.45, 7) is 2.93. The van der Waals surface area contributed by atoms with Crippen molar-refractivity contribution in [1.82, 2.24) is 4.90 Å². The van der Waals surface area contributed by atoms with Crippen molar-refractivity contribution in [3.8, 4) is 11.8 Å². The van der Waals surface area contributed by atoms with Gasteiger partial charge in [-0.05, 0) is 31.0 Å². The largest absolute Gasteiger partial charge is 0.573 e. The molecule has 2 aromatic rings. The molecular formula is C27H30F3N5O4. The molecule has 4 rings (SSSR count). The number of nitrogens with zero attached hydrogens (tertiary/aromatic N) is 5. The van der Waals surface area contributed by atoms with Gasteiger partial charge < -0.3 is 14.5 Å². The molecule has 2 aliphatic rings. The number of ether oxygens (including phenoxy) is 1. The first-order chi connectivity index (χ1) is 18.7. The first-order valence-corrected chi connectivity index (χ1v) is 13.0. The van der Waals surface area contributed by atoms with Crippen LogP contribution >= 0.6 is 0 Å². The van der Waals surface area contributed by atoms with Crippen LogP contribution in [0.3, 0.4) is 0 Å². The number of hydrogen-bond acceptors (Lipinski definition) is 7. The number of alkyl halides is 3. The molecule has 1 saturated heterocycles. The van der Waals surface area contributed by atoms with Gasteiger partial charge in [0.1, 0.15) is 6.07 Å². The Morgan fingerprint density at radius 3 is 2.44 bits per heavy atom. The van der Waals surface area contributed by atoms with Gasteiger partial charge in [-0.15, -0.1) is 13.2 Å². The van der Waals surface area contributed by atoms with Crippen molar-refractivity contribution in [2.24, 2.45) is 5.92 Å². The van der Waals surface area contributed by atoms with E-state index < -0.39 is 17.0 Å². The van der Waals surface area contributed by atoms with Crippen molar-refractivity contribution in [3.05, 3.63) is 58.1 Å². The Bertz CT molecular complexity index is 1220. The number of piperazine rings is 1. The number of nitriles is 1. The highest BCUT2D eigenvalue weighted by atomic mass is 19.4. The summed E-state index contributed by atoms with van der Waals surface area (Å²) >= 11 is 0. The number of halogens is 3. The molecule has 1 aliphatic heterocycles. The van der Waals surface area contributed by atoms with E-state index in [1.807, 2.05) is 11.0 Å². The fourth-order valence-electron chi connectivity index (χ4n) is 5.27. The molecule has 12 heteroatoms. The molecule has 0 aromatic heterocycles. The van der Waals surface area contributed by atoms with Gasteiger partial charge in [0.25, 0.3) is 5.69 Å². The molecule has 2 aromatic carbocycles. The molecule has 9 nitrogen and oxygen atoms in total. The number of para-hydroxylation sites is 2. The number of carbonyl (C=O) groups is 1. The third kappa shape index (κ3) is 7.17. The fourth-order valence-corrected chi connectivity index (χ4v) is 5.27. The third-order valence-corrected chi connectivity index (χ3v) is 7.27. The smallest absolute Gasteiger partial charge is 0.404 e. The summed E-state index contributed by atoms with van der Waals surface area (Å²) in [5.74, 6) is -0.821. The second kappa shape index (κ2) is 12.3. The first kappa shape index (κ1) is 28.2. The molecule has 1 heterocycles. The number of carbonyl (C=O) groups excluding carboxylic acids is 1. The van der Waals surface area contributed by atoms with Crippen LogP contribution in [0.15, 0.2) is 42.5 Å². The molecule has 0 spiro atoms.